The van der Waals surface area contributed by atoms with Crippen LogP contribution in [-0.4, -0.2) is 122 Å². The van der Waals surface area contributed by atoms with Crippen LogP contribution in [0.1, 0.15) is 35.9 Å². The molecule has 8 rings (SSSR count). The molecule has 0 spiro atoms. The Labute approximate surface area is 336 Å². The number of fused-ring (bicyclic) bond motifs is 1. The Morgan fingerprint density at radius 2 is 1.63 bits per heavy atom. The van der Waals surface area contributed by atoms with E-state index < -0.39 is 52.3 Å². The summed E-state index contributed by atoms with van der Waals surface area (Å²) in [4.78, 5) is 55.2. The summed E-state index contributed by atoms with van der Waals surface area (Å²) in [6, 6.07) is 15.6. The summed E-state index contributed by atoms with van der Waals surface area (Å²) >= 11 is 0. The maximum absolute atomic E-state index is 13.0. The van der Waals surface area contributed by atoms with Gasteiger partial charge in [0.15, 0.2) is 17.0 Å². The number of phenols is 2. The van der Waals surface area contributed by atoms with Crippen LogP contribution in [0.25, 0.3) is 11.2 Å². The van der Waals surface area contributed by atoms with Crippen molar-refractivity contribution in [3.8, 4) is 11.5 Å². The molecule has 0 bridgehead atoms. The number of phenolic OH excluding ortho intramolecular Hbond substituents is 2. The van der Waals surface area contributed by atoms with Crippen molar-refractivity contribution < 1.29 is 43.2 Å². The first-order valence-electron chi connectivity index (χ1n) is 18.7. The predicted molar refractivity (Wildman–Crippen MR) is 212 cm³/mol. The Bertz CT molecular complexity index is 2460. The lowest BCUT2D eigenvalue weighted by atomic mass is 9.91. The lowest BCUT2D eigenvalue weighted by Gasteiger charge is -2.23. The number of benzene rings is 3. The van der Waals surface area contributed by atoms with E-state index >= 15 is 0 Å². The fourth-order valence-corrected chi connectivity index (χ4v) is 8.46. The number of aliphatic hydroxyl groups excluding tert-OH is 2. The first-order chi connectivity index (χ1) is 28.2. The number of imidazole rings is 1. The Morgan fingerprint density at radius 3 is 2.27 bits per heavy atom. The number of primary sulfonamides is 1. The number of sulfonamides is 1. The Morgan fingerprint density at radius 1 is 0.949 bits per heavy atom. The van der Waals surface area contributed by atoms with Crippen molar-refractivity contribution in [3.63, 3.8) is 0 Å². The van der Waals surface area contributed by atoms with Crippen LogP contribution in [-0.2, 0) is 14.8 Å². The van der Waals surface area contributed by atoms with Crippen LogP contribution in [0.3, 0.4) is 0 Å². The molecule has 4 heterocycles. The molecule has 3 aliphatic rings. The van der Waals surface area contributed by atoms with Crippen LogP contribution in [0.4, 0.5) is 27.0 Å². The van der Waals surface area contributed by atoms with Gasteiger partial charge in [-0.3, -0.25) is 9.69 Å². The van der Waals surface area contributed by atoms with Crippen molar-refractivity contribution in [2.75, 3.05) is 41.7 Å². The van der Waals surface area contributed by atoms with Gasteiger partial charge in [-0.1, -0.05) is 30.3 Å². The van der Waals surface area contributed by atoms with Crippen molar-refractivity contribution in [1.82, 2.24) is 35.1 Å². The van der Waals surface area contributed by atoms with Crippen LogP contribution in [0.5, 0.6) is 11.5 Å². The van der Waals surface area contributed by atoms with E-state index in [1.54, 1.807) is 53.1 Å². The average molecular weight is 828 g/mol. The second-order valence-electron chi connectivity index (χ2n) is 14.7. The van der Waals surface area contributed by atoms with Gasteiger partial charge in [-0.05, 0) is 66.4 Å². The van der Waals surface area contributed by atoms with E-state index in [-0.39, 0.29) is 66.0 Å². The molecule has 5 amide bonds. The minimum absolute atomic E-state index is 0.0176. The molecule has 10 N–H and O–H groups in total. The van der Waals surface area contributed by atoms with E-state index in [0.29, 0.717) is 29.9 Å². The number of hydrogen-bond donors (Lipinski definition) is 9. The molecule has 2 aliphatic heterocycles. The highest BCUT2D eigenvalue weighted by Crippen LogP contribution is 2.38. The van der Waals surface area contributed by atoms with Crippen LogP contribution in [0.15, 0.2) is 84.0 Å². The van der Waals surface area contributed by atoms with E-state index in [1.807, 2.05) is 4.90 Å². The molecule has 2 aromatic heterocycles. The third-order valence-electron chi connectivity index (χ3n) is 10.9. The van der Waals surface area contributed by atoms with Gasteiger partial charge >= 0.3 is 12.1 Å². The minimum atomic E-state index is -3.98. The number of hydrogen-bond acceptors (Lipinski definition) is 14. The molecule has 20 nitrogen and oxygen atoms in total. The number of carbonyl (C=O) groups excluding carboxylic acids is 3. The standard InChI is InChI=1S/C38H41N11O9S/c39-59(57,58)26-3-1-2-22(14-26)43-37(55)44-23-12-13-47(18-23)36-45-34(40-16-27(20-4-8-24(50)9-5-20)21-6-10-25(51)11-7-21)31-35(46-36)48(19-42-31)28-15-29(33(54)32(28)53)49-30(52)17-41-38(49)56/h1-11,14,19,23,27-29,32-33,50-51,53-54H,12-13,15-18H2,(H,41,56)(H2,39,57,58)(H,40,45,46)(H2,43,44,55)/t23?,28-,29+,32+,33-/m1/s1. The quantitative estimate of drug-likeness (QED) is 0.0844. The smallest absolute Gasteiger partial charge is 0.324 e. The van der Waals surface area contributed by atoms with Gasteiger partial charge in [-0.25, -0.2) is 28.1 Å². The van der Waals surface area contributed by atoms with Crippen molar-refractivity contribution in [1.29, 1.82) is 0 Å². The number of aromatic nitrogens is 4. The fourth-order valence-electron chi connectivity index (χ4n) is 7.90. The fraction of sp³-hybridized carbons (Fsp3) is 0.316. The first-order valence-corrected chi connectivity index (χ1v) is 20.3. The summed E-state index contributed by atoms with van der Waals surface area (Å²) in [6.45, 7) is 0.765. The van der Waals surface area contributed by atoms with Gasteiger partial charge in [0.05, 0.1) is 29.9 Å². The third-order valence-corrected chi connectivity index (χ3v) is 11.8. The molecule has 3 fully saturated rings. The number of nitrogens with one attached hydrogen (secondary N) is 4. The summed E-state index contributed by atoms with van der Waals surface area (Å²) in [7, 11) is -3.98. The maximum Gasteiger partial charge on any atom is 0.324 e. The van der Waals surface area contributed by atoms with Crippen molar-refractivity contribution in [2.45, 2.75) is 54.0 Å². The van der Waals surface area contributed by atoms with Gasteiger partial charge in [0.1, 0.15) is 23.7 Å². The number of carbonyl (C=O) groups is 3. The molecule has 308 valence electrons. The van der Waals surface area contributed by atoms with Crippen LogP contribution >= 0.6 is 0 Å². The zero-order valence-electron chi connectivity index (χ0n) is 31.2. The number of anilines is 3. The van der Waals surface area contributed by atoms with E-state index in [2.05, 4.69) is 26.3 Å². The van der Waals surface area contributed by atoms with Gasteiger partial charge in [-0.2, -0.15) is 9.97 Å². The van der Waals surface area contributed by atoms with Crippen molar-refractivity contribution in [2.24, 2.45) is 5.14 Å². The highest BCUT2D eigenvalue weighted by atomic mass is 32.2. The lowest BCUT2D eigenvalue weighted by Crippen LogP contribution is -2.46. The summed E-state index contributed by atoms with van der Waals surface area (Å²) in [6.07, 6.45) is -0.863. The van der Waals surface area contributed by atoms with Crippen molar-refractivity contribution in [3.05, 3.63) is 90.3 Å². The zero-order valence-corrected chi connectivity index (χ0v) is 32.0. The average Bonchev–Trinajstić information content (AvgIpc) is 3.99. The highest BCUT2D eigenvalue weighted by molar-refractivity contribution is 7.89. The number of imide groups is 1. The Kier molecular flexibility index (Phi) is 10.4. The number of aromatic hydroxyl groups is 2. The number of amides is 5. The predicted octanol–water partition coefficient (Wildman–Crippen LogP) is 1.12. The van der Waals surface area contributed by atoms with Gasteiger partial charge < -0.3 is 51.2 Å². The molecule has 2 saturated heterocycles. The van der Waals surface area contributed by atoms with E-state index in [1.165, 1.54) is 30.6 Å². The third kappa shape index (κ3) is 7.99. The van der Waals surface area contributed by atoms with E-state index in [4.69, 9.17) is 15.1 Å². The van der Waals surface area contributed by atoms with E-state index in [0.717, 1.165) is 16.0 Å². The highest BCUT2D eigenvalue weighted by Gasteiger charge is 2.50. The van der Waals surface area contributed by atoms with Crippen molar-refractivity contribution >= 4 is 56.6 Å². The topological polar surface area (TPSA) is 290 Å². The Balaban J connectivity index is 1.09. The SMILES string of the molecule is NS(=O)(=O)c1cccc(NC(=O)NC2CCN(c3nc(NCC(c4ccc(O)cc4)c4ccc(O)cc4)c4ncn([C@@H]5C[C@H](N6C(=O)CNC6=O)[C@@H](O)[C@H]5O)c4n3)C2)c1. The summed E-state index contributed by atoms with van der Waals surface area (Å²) < 4.78 is 25.2. The molecule has 3 aromatic carbocycles. The summed E-state index contributed by atoms with van der Waals surface area (Å²) in [5, 5.41) is 59.1. The number of urea groups is 2. The van der Waals surface area contributed by atoms with Gasteiger partial charge in [0.2, 0.25) is 21.9 Å². The normalized spacial score (nSPS) is 22.0. The number of aliphatic hydroxyl groups is 2. The molecule has 5 aromatic rings. The molecule has 1 unspecified atom stereocenters. The molecular weight excluding hydrogens is 787 g/mol. The molecule has 0 radical (unpaired) electrons. The zero-order chi connectivity index (χ0) is 41.6. The van der Waals surface area contributed by atoms with Gasteiger partial charge in [-0.15, -0.1) is 0 Å². The molecule has 59 heavy (non-hydrogen) atoms. The lowest BCUT2D eigenvalue weighted by molar-refractivity contribution is -0.128. The van der Waals surface area contributed by atoms with Crippen LogP contribution in [0, 0.1) is 0 Å². The molecule has 21 heteroatoms. The molecule has 1 saturated carbocycles. The first kappa shape index (κ1) is 39.3. The maximum atomic E-state index is 13.0. The van der Waals surface area contributed by atoms with Crippen LogP contribution in [0.2, 0.25) is 0 Å². The summed E-state index contributed by atoms with van der Waals surface area (Å²) in [5.74, 6) is -0.0266. The van der Waals surface area contributed by atoms with Crippen LogP contribution < -0.4 is 31.3 Å². The second kappa shape index (κ2) is 15.7. The minimum Gasteiger partial charge on any atom is -0.508 e. The number of nitrogens with zero attached hydrogens (tertiary/aromatic N) is 6. The number of rotatable bonds is 11. The largest absolute Gasteiger partial charge is 0.508 e. The second-order valence-corrected chi connectivity index (χ2v) is 16.3. The number of nitrogens with two attached hydrogens (primary N) is 1. The van der Waals surface area contributed by atoms with Gasteiger partial charge in [0, 0.05) is 37.3 Å². The molecule has 1 aliphatic carbocycles. The molecule has 5 atom stereocenters. The molecular formula is C38H41N11O9S. The van der Waals surface area contributed by atoms with Gasteiger partial charge in [0.25, 0.3) is 0 Å². The summed E-state index contributed by atoms with van der Waals surface area (Å²) in [5.41, 5.74) is 2.57. The van der Waals surface area contributed by atoms with E-state index in [9.17, 15) is 43.2 Å². The monoisotopic (exact) mass is 827 g/mol. The Hall–Kier alpha value is -6.55.